The number of rotatable bonds is 5. The summed E-state index contributed by atoms with van der Waals surface area (Å²) in [6.07, 6.45) is 3.45. The molecule has 1 aromatic carbocycles. The van der Waals surface area contributed by atoms with E-state index in [9.17, 15) is 0 Å². The number of benzene rings is 1. The van der Waals surface area contributed by atoms with Crippen molar-refractivity contribution >= 4 is 0 Å². The van der Waals surface area contributed by atoms with E-state index in [-0.39, 0.29) is 0 Å². The largest absolute Gasteiger partial charge is 0.493 e. The molecule has 2 heteroatoms. The van der Waals surface area contributed by atoms with Crippen LogP contribution in [0.15, 0.2) is 18.2 Å². The van der Waals surface area contributed by atoms with Crippen molar-refractivity contribution in [1.29, 1.82) is 0 Å². The molecule has 1 N–H and O–H groups in total. The Balaban J connectivity index is 2.23. The monoisotopic (exact) mass is 247 g/mol. The summed E-state index contributed by atoms with van der Waals surface area (Å²) in [7, 11) is 0. The zero-order valence-corrected chi connectivity index (χ0v) is 11.8. The summed E-state index contributed by atoms with van der Waals surface area (Å²) in [6.45, 7) is 8.66. The van der Waals surface area contributed by atoms with Crippen molar-refractivity contribution in [3.8, 4) is 5.75 Å². The summed E-state index contributed by atoms with van der Waals surface area (Å²) in [5.74, 6) is 1.70. The van der Waals surface area contributed by atoms with Crippen molar-refractivity contribution in [3.05, 3.63) is 29.3 Å². The van der Waals surface area contributed by atoms with Crippen LogP contribution in [-0.2, 0) is 0 Å². The van der Waals surface area contributed by atoms with Crippen LogP contribution in [0.25, 0.3) is 0 Å². The van der Waals surface area contributed by atoms with E-state index in [1.807, 2.05) is 0 Å². The minimum atomic E-state index is 0.470. The molecule has 0 amide bonds. The second kappa shape index (κ2) is 6.24. The molecule has 2 nitrogen and oxygen atoms in total. The van der Waals surface area contributed by atoms with Crippen molar-refractivity contribution in [3.63, 3.8) is 0 Å². The van der Waals surface area contributed by atoms with Gasteiger partial charge < -0.3 is 10.1 Å². The van der Waals surface area contributed by atoms with Gasteiger partial charge in [-0.05, 0) is 36.9 Å². The second-order valence-corrected chi connectivity index (χ2v) is 5.25. The summed E-state index contributed by atoms with van der Waals surface area (Å²) < 4.78 is 5.76. The molecule has 0 bridgehead atoms. The van der Waals surface area contributed by atoms with E-state index in [1.165, 1.54) is 24.0 Å². The third kappa shape index (κ3) is 2.86. The quantitative estimate of drug-likeness (QED) is 0.848. The van der Waals surface area contributed by atoms with E-state index in [0.29, 0.717) is 12.0 Å². The fraction of sp³-hybridized carbons (Fsp3) is 0.625. The molecule has 0 saturated carbocycles. The lowest BCUT2D eigenvalue weighted by Crippen LogP contribution is -2.27. The van der Waals surface area contributed by atoms with Crippen molar-refractivity contribution in [2.45, 2.75) is 52.0 Å². The Morgan fingerprint density at radius 1 is 1.39 bits per heavy atom. The molecule has 100 valence electrons. The molecule has 2 atom stereocenters. The van der Waals surface area contributed by atoms with Crippen LogP contribution < -0.4 is 10.1 Å². The van der Waals surface area contributed by atoms with Crippen molar-refractivity contribution in [2.75, 3.05) is 13.2 Å². The first-order chi connectivity index (χ1) is 8.76. The molecule has 0 aliphatic carbocycles. The van der Waals surface area contributed by atoms with Crippen LogP contribution >= 0.6 is 0 Å². The summed E-state index contributed by atoms with van der Waals surface area (Å²) in [5, 5.41) is 3.63. The van der Waals surface area contributed by atoms with E-state index in [4.69, 9.17) is 4.74 Å². The van der Waals surface area contributed by atoms with Gasteiger partial charge in [-0.3, -0.25) is 0 Å². The van der Waals surface area contributed by atoms with Crippen LogP contribution in [0.2, 0.25) is 0 Å². The van der Waals surface area contributed by atoms with Gasteiger partial charge in [0, 0.05) is 18.0 Å². The molecule has 0 spiro atoms. The van der Waals surface area contributed by atoms with Gasteiger partial charge >= 0.3 is 0 Å². The highest BCUT2D eigenvalue weighted by atomic mass is 16.5. The molecule has 2 unspecified atom stereocenters. The maximum Gasteiger partial charge on any atom is 0.124 e. The fourth-order valence-electron chi connectivity index (χ4n) is 2.49. The molecule has 0 radical (unpaired) electrons. The van der Waals surface area contributed by atoms with Crippen LogP contribution in [-0.4, -0.2) is 13.2 Å². The first-order valence-corrected chi connectivity index (χ1v) is 7.26. The molecule has 1 aliphatic rings. The van der Waals surface area contributed by atoms with E-state index in [1.54, 1.807) is 0 Å². The van der Waals surface area contributed by atoms with Gasteiger partial charge in [-0.1, -0.05) is 32.9 Å². The predicted octanol–water partition coefficient (Wildman–Crippen LogP) is 4.02. The fourth-order valence-corrected chi connectivity index (χ4v) is 2.49. The van der Waals surface area contributed by atoms with Gasteiger partial charge in [0.15, 0.2) is 0 Å². The number of nitrogens with one attached hydrogen (secondary N) is 1. The van der Waals surface area contributed by atoms with E-state index >= 15 is 0 Å². The van der Waals surface area contributed by atoms with Gasteiger partial charge in [0.25, 0.3) is 0 Å². The average Bonchev–Trinajstić information content (AvgIpc) is 2.43. The van der Waals surface area contributed by atoms with E-state index in [0.717, 1.165) is 25.3 Å². The highest BCUT2D eigenvalue weighted by Crippen LogP contribution is 2.34. The standard InChI is InChI=1S/C16H25NO/c1-4-9-17-15-8-10-18-16-7-6-13(11-14(15)16)12(3)5-2/h6-7,11-12,15,17H,4-5,8-10H2,1-3H3. The molecular weight excluding hydrogens is 222 g/mol. The Hall–Kier alpha value is -1.02. The Bertz CT molecular complexity index is 389. The molecular formula is C16H25NO. The summed E-state index contributed by atoms with van der Waals surface area (Å²) in [5.41, 5.74) is 2.79. The third-order valence-corrected chi connectivity index (χ3v) is 3.90. The predicted molar refractivity (Wildman–Crippen MR) is 76.3 cm³/mol. The molecule has 18 heavy (non-hydrogen) atoms. The Morgan fingerprint density at radius 3 is 2.94 bits per heavy atom. The van der Waals surface area contributed by atoms with Crippen LogP contribution in [0.5, 0.6) is 5.75 Å². The Kier molecular flexibility index (Phi) is 4.65. The molecule has 2 rings (SSSR count). The Labute approximate surface area is 111 Å². The molecule has 1 aliphatic heterocycles. The molecule has 1 aromatic rings. The number of hydrogen-bond acceptors (Lipinski definition) is 2. The van der Waals surface area contributed by atoms with E-state index < -0.39 is 0 Å². The number of ether oxygens (including phenoxy) is 1. The third-order valence-electron chi connectivity index (χ3n) is 3.90. The lowest BCUT2D eigenvalue weighted by molar-refractivity contribution is 0.253. The highest BCUT2D eigenvalue weighted by Gasteiger charge is 2.21. The minimum absolute atomic E-state index is 0.470. The number of fused-ring (bicyclic) bond motifs is 1. The van der Waals surface area contributed by atoms with Gasteiger partial charge in [-0.15, -0.1) is 0 Å². The lowest BCUT2D eigenvalue weighted by atomic mass is 9.92. The van der Waals surface area contributed by atoms with Gasteiger partial charge in [0.1, 0.15) is 5.75 Å². The summed E-state index contributed by atoms with van der Waals surface area (Å²) in [6, 6.07) is 7.18. The van der Waals surface area contributed by atoms with Gasteiger partial charge in [-0.2, -0.15) is 0 Å². The highest BCUT2D eigenvalue weighted by molar-refractivity contribution is 5.41. The zero-order valence-electron chi connectivity index (χ0n) is 11.8. The number of hydrogen-bond donors (Lipinski definition) is 1. The topological polar surface area (TPSA) is 21.3 Å². The minimum Gasteiger partial charge on any atom is -0.493 e. The van der Waals surface area contributed by atoms with Crippen LogP contribution in [0, 0.1) is 0 Å². The molecule has 0 fully saturated rings. The maximum absolute atomic E-state index is 5.76. The van der Waals surface area contributed by atoms with Gasteiger partial charge in [0.2, 0.25) is 0 Å². The van der Waals surface area contributed by atoms with E-state index in [2.05, 4.69) is 44.3 Å². The van der Waals surface area contributed by atoms with Crippen LogP contribution in [0.4, 0.5) is 0 Å². The van der Waals surface area contributed by atoms with Crippen LogP contribution in [0.3, 0.4) is 0 Å². The Morgan fingerprint density at radius 2 is 2.22 bits per heavy atom. The lowest BCUT2D eigenvalue weighted by Gasteiger charge is -2.28. The summed E-state index contributed by atoms with van der Waals surface area (Å²) >= 11 is 0. The van der Waals surface area contributed by atoms with Gasteiger partial charge in [0.05, 0.1) is 6.61 Å². The SMILES string of the molecule is CCCNC1CCOc2ccc(C(C)CC)cc21. The molecule has 0 aromatic heterocycles. The van der Waals surface area contributed by atoms with Crippen molar-refractivity contribution in [1.82, 2.24) is 5.32 Å². The second-order valence-electron chi connectivity index (χ2n) is 5.25. The van der Waals surface area contributed by atoms with Crippen molar-refractivity contribution < 1.29 is 4.74 Å². The first-order valence-electron chi connectivity index (χ1n) is 7.26. The first kappa shape index (κ1) is 13.4. The smallest absolute Gasteiger partial charge is 0.124 e. The van der Waals surface area contributed by atoms with Crippen LogP contribution in [0.1, 0.15) is 63.1 Å². The normalized spacial score (nSPS) is 20.1. The van der Waals surface area contributed by atoms with Gasteiger partial charge in [-0.25, -0.2) is 0 Å². The average molecular weight is 247 g/mol. The molecule has 0 saturated heterocycles. The summed E-state index contributed by atoms with van der Waals surface area (Å²) in [4.78, 5) is 0. The zero-order chi connectivity index (χ0) is 13.0. The maximum atomic E-state index is 5.76. The molecule has 1 heterocycles. The van der Waals surface area contributed by atoms with Crippen molar-refractivity contribution in [2.24, 2.45) is 0 Å².